The summed E-state index contributed by atoms with van der Waals surface area (Å²) in [4.78, 5) is 1.00. The van der Waals surface area contributed by atoms with Crippen molar-refractivity contribution in [1.29, 1.82) is 0 Å². The Morgan fingerprint density at radius 1 is 1.12 bits per heavy atom. The summed E-state index contributed by atoms with van der Waals surface area (Å²) < 4.78 is 2.26. The number of aliphatic hydroxyl groups excluding tert-OH is 1. The summed E-state index contributed by atoms with van der Waals surface area (Å²) in [7, 11) is 0. The Labute approximate surface area is 163 Å². The van der Waals surface area contributed by atoms with Crippen LogP contribution in [0.2, 0.25) is 5.02 Å². The molecule has 2 heterocycles. The molecule has 0 spiro atoms. The Morgan fingerprint density at radius 3 is 2.50 bits per heavy atom. The van der Waals surface area contributed by atoms with Crippen LogP contribution in [-0.4, -0.2) is 38.8 Å². The van der Waals surface area contributed by atoms with E-state index in [2.05, 4.69) is 26.6 Å². The smallest absolute Gasteiger partial charge is 0.0999 e. The lowest BCUT2D eigenvalue weighted by molar-refractivity contribution is 0.116. The molecule has 0 saturated carbocycles. The van der Waals surface area contributed by atoms with Gasteiger partial charge in [0.25, 0.3) is 0 Å². The first-order chi connectivity index (χ1) is 12.7. The van der Waals surface area contributed by atoms with Crippen molar-refractivity contribution in [2.45, 2.75) is 37.7 Å². The molecule has 138 valence electrons. The number of benzene rings is 2. The van der Waals surface area contributed by atoms with Gasteiger partial charge in [0.15, 0.2) is 0 Å². The molecule has 0 amide bonds. The number of rotatable bonds is 3. The zero-order valence-corrected chi connectivity index (χ0v) is 16.6. The Kier molecular flexibility index (Phi) is 6.59. The number of aromatic amines is 1. The van der Waals surface area contributed by atoms with Gasteiger partial charge in [0.05, 0.1) is 27.2 Å². The Balaban J connectivity index is 0.000000948. The van der Waals surface area contributed by atoms with Crippen LogP contribution in [-0.2, 0) is 0 Å². The minimum absolute atomic E-state index is 0.176. The molecule has 6 heteroatoms. The fourth-order valence-electron chi connectivity index (χ4n) is 3.01. The Bertz CT molecular complexity index is 845. The van der Waals surface area contributed by atoms with Crippen molar-refractivity contribution in [3.05, 3.63) is 47.5 Å². The summed E-state index contributed by atoms with van der Waals surface area (Å²) in [5.41, 5.74) is 3.00. The van der Waals surface area contributed by atoms with Crippen LogP contribution in [0.1, 0.15) is 26.7 Å². The van der Waals surface area contributed by atoms with Gasteiger partial charge in [-0.3, -0.25) is 5.10 Å². The molecule has 1 fully saturated rings. The number of aromatic nitrogens is 2. The topological polar surface area (TPSA) is 52.1 Å². The second kappa shape index (κ2) is 8.91. The Morgan fingerprint density at radius 2 is 1.81 bits per heavy atom. The lowest BCUT2D eigenvalue weighted by atomic mass is 10.1. The van der Waals surface area contributed by atoms with Gasteiger partial charge in [-0.2, -0.15) is 5.10 Å². The number of aliphatic hydroxyl groups is 1. The summed E-state index contributed by atoms with van der Waals surface area (Å²) in [6.45, 7) is 5.72. The van der Waals surface area contributed by atoms with Crippen molar-refractivity contribution in [1.82, 2.24) is 14.5 Å². The van der Waals surface area contributed by atoms with Gasteiger partial charge in [0.1, 0.15) is 0 Å². The summed E-state index contributed by atoms with van der Waals surface area (Å²) in [5.74, 6) is 0. The van der Waals surface area contributed by atoms with Crippen LogP contribution in [0.15, 0.2) is 47.4 Å². The zero-order valence-electron chi connectivity index (χ0n) is 15.1. The van der Waals surface area contributed by atoms with Gasteiger partial charge < -0.3 is 5.11 Å². The van der Waals surface area contributed by atoms with Crippen LogP contribution in [0.25, 0.3) is 22.2 Å². The van der Waals surface area contributed by atoms with Gasteiger partial charge in [0, 0.05) is 24.0 Å². The maximum Gasteiger partial charge on any atom is 0.0999 e. The van der Waals surface area contributed by atoms with Gasteiger partial charge in [-0.15, -0.1) is 0 Å². The quantitative estimate of drug-likeness (QED) is 0.591. The van der Waals surface area contributed by atoms with Crippen LogP contribution in [0.4, 0.5) is 0 Å². The number of fused-ring (bicyclic) bond motifs is 1. The molecule has 0 unspecified atom stereocenters. The molecule has 0 bridgehead atoms. The monoisotopic (exact) mass is 389 g/mol. The van der Waals surface area contributed by atoms with Crippen LogP contribution < -0.4 is 0 Å². The molecule has 0 atom stereocenters. The third-order valence-corrected chi connectivity index (χ3v) is 5.99. The second-order valence-corrected chi connectivity index (χ2v) is 7.50. The molecule has 1 aromatic heterocycles. The number of nitrogens with zero attached hydrogens (tertiary/aromatic N) is 2. The molecule has 0 radical (unpaired) electrons. The van der Waals surface area contributed by atoms with E-state index in [1.54, 1.807) is 11.9 Å². The molecular weight excluding hydrogens is 366 g/mol. The molecule has 4 rings (SSSR count). The van der Waals surface area contributed by atoms with Crippen molar-refractivity contribution in [3.63, 3.8) is 0 Å². The first-order valence-corrected chi connectivity index (χ1v) is 10.2. The van der Waals surface area contributed by atoms with E-state index >= 15 is 0 Å². The van der Waals surface area contributed by atoms with E-state index in [0.29, 0.717) is 0 Å². The van der Waals surface area contributed by atoms with E-state index in [1.165, 1.54) is 0 Å². The predicted octanol–water partition coefficient (Wildman–Crippen LogP) is 5.37. The van der Waals surface area contributed by atoms with E-state index in [4.69, 9.17) is 11.6 Å². The lowest BCUT2D eigenvalue weighted by Crippen LogP contribution is -2.31. The molecule has 2 aromatic carbocycles. The fraction of sp³-hybridized carbons (Fsp3) is 0.350. The average Bonchev–Trinajstić information content (AvgIpc) is 3.12. The zero-order chi connectivity index (χ0) is 18.5. The molecule has 1 saturated heterocycles. The van der Waals surface area contributed by atoms with E-state index in [1.807, 2.05) is 44.2 Å². The average molecular weight is 390 g/mol. The molecule has 26 heavy (non-hydrogen) atoms. The van der Waals surface area contributed by atoms with Crippen molar-refractivity contribution >= 4 is 34.5 Å². The normalized spacial score (nSPS) is 15.7. The third kappa shape index (κ3) is 4.07. The molecule has 2 N–H and O–H groups in total. The largest absolute Gasteiger partial charge is 0.393 e. The van der Waals surface area contributed by atoms with Crippen LogP contribution in [0.3, 0.4) is 0 Å². The number of halogens is 1. The van der Waals surface area contributed by atoms with Crippen LogP contribution in [0.5, 0.6) is 0 Å². The summed E-state index contributed by atoms with van der Waals surface area (Å²) in [6, 6.07) is 14.1. The van der Waals surface area contributed by atoms with Crippen molar-refractivity contribution < 1.29 is 5.11 Å². The first kappa shape index (κ1) is 19.2. The summed E-state index contributed by atoms with van der Waals surface area (Å²) in [5, 5.41) is 19.1. The van der Waals surface area contributed by atoms with Crippen molar-refractivity contribution in [2.24, 2.45) is 0 Å². The molecular formula is C20H24ClN3OS. The standard InChI is InChI=1S/C18H18ClN3OS.C2H6/c19-15-7-6-14-16(12-4-2-1-3-5-12)20-21-17(14)18(15)24-22-10-8-13(23)9-11-22;1-2/h1-7,13,23H,8-11H2,(H,20,21);1-2H3. The highest BCUT2D eigenvalue weighted by Gasteiger charge is 2.21. The highest BCUT2D eigenvalue weighted by Crippen LogP contribution is 2.39. The molecule has 1 aliphatic heterocycles. The highest BCUT2D eigenvalue weighted by atomic mass is 35.5. The van der Waals surface area contributed by atoms with Gasteiger partial charge in [-0.25, -0.2) is 4.31 Å². The number of nitrogens with one attached hydrogen (secondary N) is 1. The SMILES string of the molecule is CC.OC1CCN(Sc2c(Cl)ccc3c(-c4ccccc4)n[nH]c23)CC1. The van der Waals surface area contributed by atoms with Gasteiger partial charge in [-0.1, -0.05) is 55.8 Å². The summed E-state index contributed by atoms with van der Waals surface area (Å²) in [6.07, 6.45) is 1.43. The maximum absolute atomic E-state index is 9.67. The highest BCUT2D eigenvalue weighted by molar-refractivity contribution is 7.97. The van der Waals surface area contributed by atoms with Crippen molar-refractivity contribution in [2.75, 3.05) is 13.1 Å². The molecule has 0 aliphatic carbocycles. The van der Waals surface area contributed by atoms with Crippen LogP contribution >= 0.6 is 23.5 Å². The number of hydrogen-bond acceptors (Lipinski definition) is 4. The second-order valence-electron chi connectivity index (χ2n) is 5.99. The Hall–Kier alpha value is -1.53. The first-order valence-electron chi connectivity index (χ1n) is 9.05. The number of H-pyrrole nitrogens is 1. The minimum Gasteiger partial charge on any atom is -0.393 e. The lowest BCUT2D eigenvalue weighted by Gasteiger charge is -2.28. The van der Waals surface area contributed by atoms with Gasteiger partial charge >= 0.3 is 0 Å². The van der Waals surface area contributed by atoms with E-state index < -0.39 is 0 Å². The van der Waals surface area contributed by atoms with Crippen LogP contribution in [0, 0.1) is 0 Å². The maximum atomic E-state index is 9.67. The number of piperidine rings is 1. The van der Waals surface area contributed by atoms with E-state index in [0.717, 1.165) is 58.0 Å². The van der Waals surface area contributed by atoms with Gasteiger partial charge in [-0.05, 0) is 36.9 Å². The fourth-order valence-corrected chi connectivity index (χ4v) is 4.32. The van der Waals surface area contributed by atoms with E-state index in [9.17, 15) is 5.11 Å². The third-order valence-electron chi connectivity index (χ3n) is 4.34. The number of hydrogen-bond donors (Lipinski definition) is 2. The molecule has 4 nitrogen and oxygen atoms in total. The van der Waals surface area contributed by atoms with E-state index in [-0.39, 0.29) is 6.10 Å². The molecule has 3 aromatic rings. The summed E-state index contributed by atoms with van der Waals surface area (Å²) >= 11 is 8.11. The van der Waals surface area contributed by atoms with Crippen molar-refractivity contribution in [3.8, 4) is 11.3 Å². The molecule has 1 aliphatic rings. The minimum atomic E-state index is -0.176. The predicted molar refractivity (Wildman–Crippen MR) is 111 cm³/mol. The van der Waals surface area contributed by atoms with Gasteiger partial charge in [0.2, 0.25) is 0 Å².